The number of piperazine rings is 1. The maximum absolute atomic E-state index is 13.0. The number of hydrogen-bond donors (Lipinski definition) is 0. The Morgan fingerprint density at radius 3 is 2.55 bits per heavy atom. The van der Waals surface area contributed by atoms with Crippen LogP contribution in [0.3, 0.4) is 0 Å². The normalized spacial score (nSPS) is 14.3. The number of benzene rings is 2. The van der Waals surface area contributed by atoms with Gasteiger partial charge in [0.05, 0.1) is 10.4 Å². The molecule has 4 aromatic rings. The lowest BCUT2D eigenvalue weighted by molar-refractivity contribution is -0.385. The summed E-state index contributed by atoms with van der Waals surface area (Å²) in [5.74, 6) is 1.19. The van der Waals surface area contributed by atoms with Gasteiger partial charge in [0.25, 0.3) is 11.6 Å². The molecular weight excluding hydrogens is 446 g/mol. The van der Waals surface area contributed by atoms with Crippen molar-refractivity contribution >= 4 is 45.7 Å². The number of aryl methyl sites for hydroxylation is 2. The van der Waals surface area contributed by atoms with Crippen LogP contribution in [0.4, 0.5) is 11.6 Å². The molecule has 11 heteroatoms. The molecule has 1 saturated heterocycles. The van der Waals surface area contributed by atoms with Gasteiger partial charge in [-0.15, -0.1) is 10.2 Å². The molecule has 2 aromatic heterocycles. The first kappa shape index (κ1) is 21.1. The summed E-state index contributed by atoms with van der Waals surface area (Å²) in [5, 5.41) is 21.2. The molecule has 0 unspecified atom stereocenters. The van der Waals surface area contributed by atoms with E-state index in [9.17, 15) is 14.9 Å². The van der Waals surface area contributed by atoms with Crippen LogP contribution in [0.5, 0.6) is 0 Å². The Bertz CT molecular complexity index is 1430. The zero-order valence-corrected chi connectivity index (χ0v) is 18.8. The number of anilines is 1. The van der Waals surface area contributed by atoms with Gasteiger partial charge in [-0.05, 0) is 38.1 Å². The number of amides is 1. The molecule has 1 amide bonds. The van der Waals surface area contributed by atoms with Crippen molar-refractivity contribution in [3.05, 3.63) is 68.5 Å². The minimum atomic E-state index is -0.464. The number of nitro groups is 1. The average molecular weight is 466 g/mol. The van der Waals surface area contributed by atoms with Crippen molar-refractivity contribution in [3.63, 3.8) is 0 Å². The van der Waals surface area contributed by atoms with E-state index < -0.39 is 4.92 Å². The Labute approximate surface area is 193 Å². The van der Waals surface area contributed by atoms with Crippen molar-refractivity contribution in [1.82, 2.24) is 24.5 Å². The second-order valence-corrected chi connectivity index (χ2v) is 8.45. The molecule has 3 heterocycles. The van der Waals surface area contributed by atoms with Gasteiger partial charge in [0.15, 0.2) is 5.65 Å². The maximum Gasteiger partial charge on any atom is 0.273 e. The van der Waals surface area contributed by atoms with Gasteiger partial charge in [0.1, 0.15) is 5.82 Å². The summed E-state index contributed by atoms with van der Waals surface area (Å²) in [6, 6.07) is 10.1. The first-order chi connectivity index (χ1) is 15.8. The number of carbonyl (C=O) groups excluding carboxylic acids is 1. The summed E-state index contributed by atoms with van der Waals surface area (Å²) in [7, 11) is 0. The van der Waals surface area contributed by atoms with Crippen molar-refractivity contribution < 1.29 is 9.72 Å². The highest BCUT2D eigenvalue weighted by Gasteiger charge is 2.27. The molecule has 0 radical (unpaired) electrons. The molecule has 0 aliphatic carbocycles. The van der Waals surface area contributed by atoms with Crippen LogP contribution in [-0.2, 0) is 0 Å². The summed E-state index contributed by atoms with van der Waals surface area (Å²) in [4.78, 5) is 32.4. The molecule has 1 aliphatic heterocycles. The summed E-state index contributed by atoms with van der Waals surface area (Å²) < 4.78 is 1.91. The van der Waals surface area contributed by atoms with Crippen molar-refractivity contribution in [3.8, 4) is 0 Å². The SMILES string of the molecule is Cc1ccc(C(=O)N2CCN(c3nc4cc(Cl)ccc4c4nnc(C)n34)CC2)cc1[N+](=O)[O-]. The van der Waals surface area contributed by atoms with Crippen LogP contribution in [0.2, 0.25) is 5.02 Å². The zero-order valence-electron chi connectivity index (χ0n) is 18.0. The lowest BCUT2D eigenvalue weighted by atomic mass is 10.1. The molecular formula is C22H20ClN7O3. The lowest BCUT2D eigenvalue weighted by Gasteiger charge is -2.35. The Morgan fingerprint density at radius 1 is 1.06 bits per heavy atom. The summed E-state index contributed by atoms with van der Waals surface area (Å²) in [6.45, 7) is 5.54. The fourth-order valence-electron chi connectivity index (χ4n) is 4.16. The average Bonchev–Trinajstić information content (AvgIpc) is 3.20. The Balaban J connectivity index is 1.42. The monoisotopic (exact) mass is 465 g/mol. The van der Waals surface area contributed by atoms with Crippen LogP contribution < -0.4 is 4.90 Å². The molecule has 0 bridgehead atoms. The number of carbonyl (C=O) groups is 1. The van der Waals surface area contributed by atoms with E-state index >= 15 is 0 Å². The predicted molar refractivity (Wildman–Crippen MR) is 124 cm³/mol. The second-order valence-electron chi connectivity index (χ2n) is 8.02. The molecule has 0 saturated carbocycles. The Morgan fingerprint density at radius 2 is 1.82 bits per heavy atom. The van der Waals surface area contributed by atoms with E-state index in [0.717, 1.165) is 16.7 Å². The zero-order chi connectivity index (χ0) is 23.3. The molecule has 1 aliphatic rings. The van der Waals surface area contributed by atoms with Gasteiger partial charge < -0.3 is 9.80 Å². The third-order valence-corrected chi connectivity index (χ3v) is 6.18. The summed E-state index contributed by atoms with van der Waals surface area (Å²) in [6.07, 6.45) is 0. The van der Waals surface area contributed by atoms with Crippen LogP contribution in [0, 0.1) is 24.0 Å². The van der Waals surface area contributed by atoms with Crippen molar-refractivity contribution in [2.45, 2.75) is 13.8 Å². The number of nitrogens with zero attached hydrogens (tertiary/aromatic N) is 7. The number of aromatic nitrogens is 4. The highest BCUT2D eigenvalue weighted by atomic mass is 35.5. The van der Waals surface area contributed by atoms with Crippen molar-refractivity contribution in [2.24, 2.45) is 0 Å². The first-order valence-corrected chi connectivity index (χ1v) is 10.8. The number of rotatable bonds is 3. The molecule has 2 aromatic carbocycles. The van der Waals surface area contributed by atoms with Crippen LogP contribution >= 0.6 is 11.6 Å². The molecule has 5 rings (SSSR count). The number of hydrogen-bond acceptors (Lipinski definition) is 7. The molecule has 0 N–H and O–H groups in total. The van der Waals surface area contributed by atoms with Crippen LogP contribution in [0.25, 0.3) is 16.6 Å². The molecule has 0 atom stereocenters. The van der Waals surface area contributed by atoms with Gasteiger partial charge in [0, 0.05) is 53.8 Å². The van der Waals surface area contributed by atoms with Gasteiger partial charge in [-0.2, -0.15) is 0 Å². The van der Waals surface area contributed by atoms with E-state index in [4.69, 9.17) is 16.6 Å². The lowest BCUT2D eigenvalue weighted by Crippen LogP contribution is -2.49. The smallest absolute Gasteiger partial charge is 0.273 e. The van der Waals surface area contributed by atoms with Crippen molar-refractivity contribution in [1.29, 1.82) is 0 Å². The van der Waals surface area contributed by atoms with Gasteiger partial charge in [-0.3, -0.25) is 14.9 Å². The van der Waals surface area contributed by atoms with E-state index in [2.05, 4.69) is 15.1 Å². The Kier molecular flexibility index (Phi) is 5.09. The fourth-order valence-corrected chi connectivity index (χ4v) is 4.33. The molecule has 33 heavy (non-hydrogen) atoms. The van der Waals surface area contributed by atoms with Crippen LogP contribution in [-0.4, -0.2) is 61.5 Å². The maximum atomic E-state index is 13.0. The Hall–Kier alpha value is -3.79. The van der Waals surface area contributed by atoms with E-state index in [-0.39, 0.29) is 11.6 Å². The standard InChI is InChI=1S/C22H20ClN7O3/c1-13-3-4-15(11-19(13)30(32)33)21(31)27-7-9-28(10-8-27)22-24-18-12-16(23)5-6-17(18)20-26-25-14(2)29(20)22/h3-6,11-12H,7-10H2,1-2H3. The van der Waals surface area contributed by atoms with Crippen LogP contribution in [0.1, 0.15) is 21.7 Å². The fraction of sp³-hybridized carbons (Fsp3) is 0.273. The first-order valence-electron chi connectivity index (χ1n) is 10.4. The highest BCUT2D eigenvalue weighted by molar-refractivity contribution is 6.31. The topological polar surface area (TPSA) is 110 Å². The van der Waals surface area contributed by atoms with E-state index in [1.165, 1.54) is 6.07 Å². The van der Waals surface area contributed by atoms with Gasteiger partial charge in [-0.25, -0.2) is 9.38 Å². The van der Waals surface area contributed by atoms with Gasteiger partial charge >= 0.3 is 0 Å². The van der Waals surface area contributed by atoms with Gasteiger partial charge in [-0.1, -0.05) is 17.7 Å². The molecule has 1 fully saturated rings. The van der Waals surface area contributed by atoms with E-state index in [1.807, 2.05) is 17.4 Å². The highest BCUT2D eigenvalue weighted by Crippen LogP contribution is 2.27. The predicted octanol–water partition coefficient (Wildman–Crippen LogP) is 3.42. The number of nitro benzene ring substituents is 1. The minimum Gasteiger partial charge on any atom is -0.338 e. The summed E-state index contributed by atoms with van der Waals surface area (Å²) >= 11 is 6.18. The van der Waals surface area contributed by atoms with Gasteiger partial charge in [0.2, 0.25) is 5.95 Å². The quantitative estimate of drug-likeness (QED) is 0.336. The summed E-state index contributed by atoms with van der Waals surface area (Å²) in [5.41, 5.74) is 2.22. The largest absolute Gasteiger partial charge is 0.338 e. The van der Waals surface area contributed by atoms with Crippen LogP contribution in [0.15, 0.2) is 36.4 Å². The molecule has 168 valence electrons. The molecule has 10 nitrogen and oxygen atoms in total. The minimum absolute atomic E-state index is 0.0519. The number of halogens is 1. The second kappa shape index (κ2) is 7.96. The number of fused-ring (bicyclic) bond motifs is 3. The van der Waals surface area contributed by atoms with Crippen molar-refractivity contribution in [2.75, 3.05) is 31.1 Å². The third-order valence-electron chi connectivity index (χ3n) is 5.95. The van der Waals surface area contributed by atoms with E-state index in [1.54, 1.807) is 36.1 Å². The van der Waals surface area contributed by atoms with E-state index in [0.29, 0.717) is 53.9 Å². The third kappa shape index (κ3) is 3.62. The molecule has 0 spiro atoms.